The SMILES string of the molecule is CCCNCC(=O)NCCN(C)CCOC. The third-order valence-corrected chi connectivity index (χ3v) is 2.21. The van der Waals surface area contributed by atoms with Crippen molar-refractivity contribution in [2.24, 2.45) is 0 Å². The quantitative estimate of drug-likeness (QED) is 0.506. The van der Waals surface area contributed by atoms with Crippen LogP contribution in [0.25, 0.3) is 0 Å². The highest BCUT2D eigenvalue weighted by Gasteiger charge is 2.01. The normalized spacial score (nSPS) is 10.8. The van der Waals surface area contributed by atoms with Gasteiger partial charge in [0, 0.05) is 26.7 Å². The van der Waals surface area contributed by atoms with E-state index in [1.165, 1.54) is 0 Å². The van der Waals surface area contributed by atoms with Crippen LogP contribution in [0.3, 0.4) is 0 Å². The fourth-order valence-corrected chi connectivity index (χ4v) is 1.19. The van der Waals surface area contributed by atoms with Gasteiger partial charge in [-0.1, -0.05) is 6.92 Å². The van der Waals surface area contributed by atoms with Crippen LogP contribution in [0.15, 0.2) is 0 Å². The molecule has 0 bridgehead atoms. The summed E-state index contributed by atoms with van der Waals surface area (Å²) in [5.74, 6) is 0.0635. The van der Waals surface area contributed by atoms with Crippen molar-refractivity contribution in [3.05, 3.63) is 0 Å². The van der Waals surface area contributed by atoms with E-state index in [0.29, 0.717) is 13.1 Å². The molecule has 0 aromatic carbocycles. The maximum atomic E-state index is 11.3. The van der Waals surface area contributed by atoms with Crippen LogP contribution in [0, 0.1) is 0 Å². The Hall–Kier alpha value is -0.650. The molecule has 0 aliphatic heterocycles. The van der Waals surface area contributed by atoms with E-state index in [4.69, 9.17) is 4.74 Å². The average molecular weight is 231 g/mol. The molecular weight excluding hydrogens is 206 g/mol. The summed E-state index contributed by atoms with van der Waals surface area (Å²) in [5.41, 5.74) is 0. The minimum atomic E-state index is 0.0635. The van der Waals surface area contributed by atoms with Gasteiger partial charge < -0.3 is 20.3 Å². The van der Waals surface area contributed by atoms with Gasteiger partial charge in [0.15, 0.2) is 0 Å². The highest BCUT2D eigenvalue weighted by molar-refractivity contribution is 5.77. The van der Waals surface area contributed by atoms with E-state index in [-0.39, 0.29) is 5.91 Å². The number of methoxy groups -OCH3 is 1. The Bertz CT molecular complexity index is 177. The van der Waals surface area contributed by atoms with E-state index >= 15 is 0 Å². The summed E-state index contributed by atoms with van der Waals surface area (Å²) in [4.78, 5) is 13.4. The van der Waals surface area contributed by atoms with Gasteiger partial charge in [-0.15, -0.1) is 0 Å². The van der Waals surface area contributed by atoms with Crippen molar-refractivity contribution in [1.29, 1.82) is 0 Å². The number of carbonyl (C=O) groups is 1. The molecule has 0 aromatic heterocycles. The zero-order chi connectivity index (χ0) is 12.2. The summed E-state index contributed by atoms with van der Waals surface area (Å²) in [6, 6.07) is 0. The number of hydrogen-bond acceptors (Lipinski definition) is 4. The Morgan fingerprint density at radius 3 is 2.69 bits per heavy atom. The van der Waals surface area contributed by atoms with Gasteiger partial charge in [-0.05, 0) is 20.0 Å². The lowest BCUT2D eigenvalue weighted by atomic mass is 10.4. The second-order valence-electron chi connectivity index (χ2n) is 3.82. The molecule has 5 nitrogen and oxygen atoms in total. The first-order chi connectivity index (χ1) is 7.70. The lowest BCUT2D eigenvalue weighted by molar-refractivity contribution is -0.120. The van der Waals surface area contributed by atoms with Crippen LogP contribution < -0.4 is 10.6 Å². The molecule has 96 valence electrons. The predicted molar refractivity (Wildman–Crippen MR) is 65.5 cm³/mol. The number of nitrogens with zero attached hydrogens (tertiary/aromatic N) is 1. The molecule has 1 amide bonds. The number of hydrogen-bond donors (Lipinski definition) is 2. The highest BCUT2D eigenvalue weighted by atomic mass is 16.5. The molecule has 0 atom stereocenters. The molecule has 0 aliphatic rings. The molecule has 2 N–H and O–H groups in total. The minimum absolute atomic E-state index is 0.0635. The molecular formula is C11H25N3O2. The molecule has 0 unspecified atom stereocenters. The number of carbonyl (C=O) groups excluding carboxylic acids is 1. The summed E-state index contributed by atoms with van der Waals surface area (Å²) < 4.78 is 4.97. The molecule has 16 heavy (non-hydrogen) atoms. The fourth-order valence-electron chi connectivity index (χ4n) is 1.19. The number of nitrogens with one attached hydrogen (secondary N) is 2. The van der Waals surface area contributed by atoms with Crippen LogP contribution in [0.1, 0.15) is 13.3 Å². The zero-order valence-corrected chi connectivity index (χ0v) is 10.7. The van der Waals surface area contributed by atoms with Gasteiger partial charge in [0.25, 0.3) is 0 Å². The summed E-state index contributed by atoms with van der Waals surface area (Å²) in [6.45, 7) is 6.53. The molecule has 0 saturated carbocycles. The van der Waals surface area contributed by atoms with Crippen LogP contribution >= 0.6 is 0 Å². The van der Waals surface area contributed by atoms with Crippen molar-refractivity contribution in [2.75, 3.05) is 53.5 Å². The molecule has 0 heterocycles. The molecule has 5 heteroatoms. The first kappa shape index (κ1) is 15.3. The monoisotopic (exact) mass is 231 g/mol. The molecule has 0 fully saturated rings. The predicted octanol–water partition coefficient (Wildman–Crippen LogP) is -0.320. The van der Waals surface area contributed by atoms with E-state index in [0.717, 1.165) is 32.7 Å². The van der Waals surface area contributed by atoms with Crippen LogP contribution in [-0.4, -0.2) is 64.3 Å². The average Bonchev–Trinajstić information content (AvgIpc) is 2.26. The van der Waals surface area contributed by atoms with E-state index in [9.17, 15) is 4.79 Å². The van der Waals surface area contributed by atoms with Crippen molar-refractivity contribution < 1.29 is 9.53 Å². The maximum absolute atomic E-state index is 11.3. The topological polar surface area (TPSA) is 53.6 Å². The van der Waals surface area contributed by atoms with Crippen molar-refractivity contribution in [1.82, 2.24) is 15.5 Å². The number of amides is 1. The third-order valence-electron chi connectivity index (χ3n) is 2.21. The molecule has 0 rings (SSSR count). The van der Waals surface area contributed by atoms with Gasteiger partial charge in [-0.2, -0.15) is 0 Å². The molecule has 0 aromatic rings. The Morgan fingerprint density at radius 2 is 2.06 bits per heavy atom. The smallest absolute Gasteiger partial charge is 0.234 e. The number of ether oxygens (including phenoxy) is 1. The zero-order valence-electron chi connectivity index (χ0n) is 10.7. The van der Waals surface area contributed by atoms with Crippen molar-refractivity contribution >= 4 is 5.91 Å². The van der Waals surface area contributed by atoms with Gasteiger partial charge in [-0.25, -0.2) is 0 Å². The molecule has 0 saturated heterocycles. The standard InChI is InChI=1S/C11H25N3O2/c1-4-5-12-10-11(15)13-6-7-14(2)8-9-16-3/h12H,4-10H2,1-3H3,(H,13,15). The minimum Gasteiger partial charge on any atom is -0.383 e. The summed E-state index contributed by atoms with van der Waals surface area (Å²) in [5, 5.41) is 5.93. The van der Waals surface area contributed by atoms with E-state index in [2.05, 4.69) is 22.5 Å². The molecule has 0 aliphatic carbocycles. The second kappa shape index (κ2) is 10.9. The Labute approximate surface area is 98.5 Å². The van der Waals surface area contributed by atoms with E-state index < -0.39 is 0 Å². The second-order valence-corrected chi connectivity index (χ2v) is 3.82. The van der Waals surface area contributed by atoms with Crippen molar-refractivity contribution in [2.45, 2.75) is 13.3 Å². The lowest BCUT2D eigenvalue weighted by Gasteiger charge is -2.16. The van der Waals surface area contributed by atoms with Gasteiger partial charge >= 0.3 is 0 Å². The van der Waals surface area contributed by atoms with E-state index in [1.54, 1.807) is 7.11 Å². The number of rotatable bonds is 10. The van der Waals surface area contributed by atoms with Crippen molar-refractivity contribution in [3.8, 4) is 0 Å². The van der Waals surface area contributed by atoms with Crippen LogP contribution in [0.2, 0.25) is 0 Å². The first-order valence-electron chi connectivity index (χ1n) is 5.85. The largest absolute Gasteiger partial charge is 0.383 e. The number of likely N-dealkylation sites (N-methyl/N-ethyl adjacent to an activating group) is 1. The van der Waals surface area contributed by atoms with E-state index in [1.807, 2.05) is 7.05 Å². The Morgan fingerprint density at radius 1 is 1.31 bits per heavy atom. The maximum Gasteiger partial charge on any atom is 0.234 e. The van der Waals surface area contributed by atoms with Crippen LogP contribution in [0.4, 0.5) is 0 Å². The van der Waals surface area contributed by atoms with Gasteiger partial charge in [-0.3, -0.25) is 4.79 Å². The molecule has 0 radical (unpaired) electrons. The van der Waals surface area contributed by atoms with Crippen molar-refractivity contribution in [3.63, 3.8) is 0 Å². The fraction of sp³-hybridized carbons (Fsp3) is 0.909. The highest BCUT2D eigenvalue weighted by Crippen LogP contribution is 1.80. The summed E-state index contributed by atoms with van der Waals surface area (Å²) in [7, 11) is 3.70. The summed E-state index contributed by atoms with van der Waals surface area (Å²) in [6.07, 6.45) is 1.05. The van der Waals surface area contributed by atoms with Gasteiger partial charge in [0.2, 0.25) is 5.91 Å². The Kier molecular flexibility index (Phi) is 10.4. The first-order valence-corrected chi connectivity index (χ1v) is 5.85. The van der Waals surface area contributed by atoms with Gasteiger partial charge in [0.1, 0.15) is 0 Å². The third kappa shape index (κ3) is 9.89. The van der Waals surface area contributed by atoms with Crippen LogP contribution in [-0.2, 0) is 9.53 Å². The van der Waals surface area contributed by atoms with Crippen LogP contribution in [0.5, 0.6) is 0 Å². The lowest BCUT2D eigenvalue weighted by Crippen LogP contribution is -2.38. The Balaban J connectivity index is 3.32. The molecule has 0 spiro atoms. The van der Waals surface area contributed by atoms with Gasteiger partial charge in [0.05, 0.1) is 13.2 Å². The summed E-state index contributed by atoms with van der Waals surface area (Å²) >= 11 is 0.